The fourth-order valence-electron chi connectivity index (χ4n) is 4.65. The van der Waals surface area contributed by atoms with E-state index in [9.17, 15) is 22.9 Å². The second-order valence-corrected chi connectivity index (χ2v) is 12.9. The molecule has 0 aromatic carbocycles. The summed E-state index contributed by atoms with van der Waals surface area (Å²) in [5.41, 5.74) is 0. The molecule has 0 saturated carbocycles. The number of allylic oxidation sites excluding steroid dienone is 7. The molecule has 6 nitrogen and oxygen atoms in total. The SMILES string of the molecule is CCCCC/C=C/CC/C=C/CC/C=C/C(O)C(CS(=O)(=O)O)NC(=O)CCCCCCC/C=C\CCCCCCC. The molecule has 0 bridgehead atoms. The zero-order valence-electron chi connectivity index (χ0n) is 26.9. The molecule has 42 heavy (non-hydrogen) atoms. The smallest absolute Gasteiger partial charge is 0.267 e. The van der Waals surface area contributed by atoms with E-state index in [2.05, 4.69) is 55.6 Å². The van der Waals surface area contributed by atoms with Crippen LogP contribution in [-0.4, -0.2) is 41.9 Å². The van der Waals surface area contributed by atoms with E-state index in [-0.39, 0.29) is 12.3 Å². The third kappa shape index (κ3) is 29.8. The normalized spacial score (nSPS) is 14.1. The van der Waals surface area contributed by atoms with Gasteiger partial charge in [0.15, 0.2) is 0 Å². The molecule has 1 amide bonds. The molecular weight excluding hydrogens is 546 g/mol. The van der Waals surface area contributed by atoms with Gasteiger partial charge >= 0.3 is 0 Å². The zero-order chi connectivity index (χ0) is 31.2. The van der Waals surface area contributed by atoms with Crippen LogP contribution in [0.15, 0.2) is 48.6 Å². The highest BCUT2D eigenvalue weighted by Gasteiger charge is 2.24. The van der Waals surface area contributed by atoms with Crippen molar-refractivity contribution in [3.05, 3.63) is 48.6 Å². The molecule has 0 aromatic heterocycles. The lowest BCUT2D eigenvalue weighted by molar-refractivity contribution is -0.122. The van der Waals surface area contributed by atoms with Crippen molar-refractivity contribution < 1.29 is 22.9 Å². The lowest BCUT2D eigenvalue weighted by Gasteiger charge is -2.21. The summed E-state index contributed by atoms with van der Waals surface area (Å²) in [4.78, 5) is 12.4. The van der Waals surface area contributed by atoms with Gasteiger partial charge in [-0.3, -0.25) is 9.35 Å². The van der Waals surface area contributed by atoms with Gasteiger partial charge in [-0.2, -0.15) is 8.42 Å². The highest BCUT2D eigenvalue weighted by atomic mass is 32.2. The van der Waals surface area contributed by atoms with Gasteiger partial charge in [-0.25, -0.2) is 0 Å². The van der Waals surface area contributed by atoms with E-state index in [4.69, 9.17) is 0 Å². The average molecular weight is 610 g/mol. The molecule has 0 fully saturated rings. The van der Waals surface area contributed by atoms with Crippen molar-refractivity contribution in [3.8, 4) is 0 Å². The van der Waals surface area contributed by atoms with Gasteiger partial charge in [0.1, 0.15) is 0 Å². The lowest BCUT2D eigenvalue weighted by Crippen LogP contribution is -2.46. The summed E-state index contributed by atoms with van der Waals surface area (Å²) in [7, 11) is -4.35. The number of aliphatic hydroxyl groups is 1. The van der Waals surface area contributed by atoms with Gasteiger partial charge in [-0.05, 0) is 70.6 Å². The van der Waals surface area contributed by atoms with Gasteiger partial charge in [-0.1, -0.05) is 120 Å². The minimum atomic E-state index is -4.35. The Balaban J connectivity index is 4.14. The van der Waals surface area contributed by atoms with E-state index >= 15 is 0 Å². The first-order valence-corrected chi connectivity index (χ1v) is 18.4. The topological polar surface area (TPSA) is 104 Å². The van der Waals surface area contributed by atoms with E-state index in [1.807, 2.05) is 0 Å². The molecule has 3 N–H and O–H groups in total. The van der Waals surface area contributed by atoms with Crippen LogP contribution in [-0.2, 0) is 14.9 Å². The Morgan fingerprint density at radius 3 is 1.55 bits per heavy atom. The number of hydrogen-bond acceptors (Lipinski definition) is 4. The zero-order valence-corrected chi connectivity index (χ0v) is 27.7. The fourth-order valence-corrected chi connectivity index (χ4v) is 5.38. The summed E-state index contributed by atoms with van der Waals surface area (Å²) in [6.45, 7) is 4.45. The Bertz CT molecular complexity index is 847. The van der Waals surface area contributed by atoms with Gasteiger partial charge < -0.3 is 10.4 Å². The standard InChI is InChI=1S/C35H63NO5S/c1-3-5-7-9-11-13-15-17-19-21-23-25-27-29-31-35(38)36-33(32-42(39,40)41)34(37)30-28-26-24-22-20-18-16-14-12-10-8-6-4-2/h12,14-15,17,20,22,28,30,33-34,37H,3-11,13,16,18-19,21,23-27,29,31-32H2,1-2H3,(H,36,38)(H,39,40,41)/b14-12+,17-15-,22-20+,30-28+. The molecule has 0 aromatic rings. The predicted octanol–water partition coefficient (Wildman–Crippen LogP) is 9.18. The Kier molecular flexibility index (Phi) is 28.2. The molecule has 0 heterocycles. The third-order valence-corrected chi connectivity index (χ3v) is 7.99. The molecule has 0 radical (unpaired) electrons. The van der Waals surface area contributed by atoms with Crippen molar-refractivity contribution in [1.82, 2.24) is 5.32 Å². The molecule has 0 aliphatic carbocycles. The number of hydrogen-bond donors (Lipinski definition) is 3. The molecule has 2 atom stereocenters. The first kappa shape index (κ1) is 40.3. The minimum Gasteiger partial charge on any atom is -0.387 e. The summed E-state index contributed by atoms with van der Waals surface area (Å²) in [6.07, 6.45) is 38.0. The van der Waals surface area contributed by atoms with E-state index < -0.39 is 28.0 Å². The predicted molar refractivity (Wildman–Crippen MR) is 179 cm³/mol. The number of nitrogens with one attached hydrogen (secondary N) is 1. The highest BCUT2D eigenvalue weighted by Crippen LogP contribution is 2.10. The van der Waals surface area contributed by atoms with Crippen LogP contribution in [0.3, 0.4) is 0 Å². The Morgan fingerprint density at radius 1 is 0.619 bits per heavy atom. The number of amides is 1. The number of rotatable bonds is 29. The van der Waals surface area contributed by atoms with Crippen LogP contribution in [0, 0.1) is 0 Å². The van der Waals surface area contributed by atoms with Gasteiger partial charge in [0, 0.05) is 6.42 Å². The van der Waals surface area contributed by atoms with Gasteiger partial charge in [0.05, 0.1) is 17.9 Å². The van der Waals surface area contributed by atoms with Crippen LogP contribution in [0.5, 0.6) is 0 Å². The second-order valence-electron chi connectivity index (χ2n) is 11.4. The summed E-state index contributed by atoms with van der Waals surface area (Å²) < 4.78 is 32.2. The third-order valence-electron chi connectivity index (χ3n) is 7.21. The van der Waals surface area contributed by atoms with E-state index in [0.717, 1.165) is 57.8 Å². The maximum absolute atomic E-state index is 12.4. The molecule has 0 spiro atoms. The largest absolute Gasteiger partial charge is 0.387 e. The Labute approximate surface area is 259 Å². The van der Waals surface area contributed by atoms with Crippen molar-refractivity contribution in [2.45, 2.75) is 161 Å². The van der Waals surface area contributed by atoms with E-state index in [0.29, 0.717) is 12.8 Å². The monoisotopic (exact) mass is 609 g/mol. The molecule has 0 saturated heterocycles. The first-order valence-electron chi connectivity index (χ1n) is 16.8. The van der Waals surface area contributed by atoms with Gasteiger partial charge in [-0.15, -0.1) is 0 Å². The van der Waals surface area contributed by atoms with Crippen molar-refractivity contribution >= 4 is 16.0 Å². The van der Waals surface area contributed by atoms with Crippen molar-refractivity contribution in [1.29, 1.82) is 0 Å². The second kappa shape index (κ2) is 29.4. The molecular formula is C35H63NO5S. The molecule has 0 aliphatic rings. The van der Waals surface area contributed by atoms with Gasteiger partial charge in [0.2, 0.25) is 5.91 Å². The first-order chi connectivity index (χ1) is 20.3. The van der Waals surface area contributed by atoms with E-state index in [1.165, 1.54) is 63.9 Å². The molecule has 244 valence electrons. The Hall–Kier alpha value is -1.70. The minimum absolute atomic E-state index is 0.273. The van der Waals surface area contributed by atoms with E-state index in [1.54, 1.807) is 6.08 Å². The van der Waals surface area contributed by atoms with Crippen LogP contribution >= 0.6 is 0 Å². The number of carbonyl (C=O) groups is 1. The van der Waals surface area contributed by atoms with Crippen molar-refractivity contribution in [2.24, 2.45) is 0 Å². The van der Waals surface area contributed by atoms with Crippen LogP contribution in [0.2, 0.25) is 0 Å². The maximum atomic E-state index is 12.4. The highest BCUT2D eigenvalue weighted by molar-refractivity contribution is 7.85. The summed E-state index contributed by atoms with van der Waals surface area (Å²) in [5, 5.41) is 13.1. The average Bonchev–Trinajstić information content (AvgIpc) is 2.94. The van der Waals surface area contributed by atoms with Crippen LogP contribution < -0.4 is 5.32 Å². The summed E-state index contributed by atoms with van der Waals surface area (Å²) in [6, 6.07) is -1.08. The lowest BCUT2D eigenvalue weighted by atomic mass is 10.1. The van der Waals surface area contributed by atoms with Crippen LogP contribution in [0.25, 0.3) is 0 Å². The molecule has 7 heteroatoms. The van der Waals surface area contributed by atoms with Gasteiger partial charge in [0.25, 0.3) is 10.1 Å². The molecule has 0 rings (SSSR count). The fraction of sp³-hybridized carbons (Fsp3) is 0.743. The maximum Gasteiger partial charge on any atom is 0.267 e. The van der Waals surface area contributed by atoms with Crippen molar-refractivity contribution in [2.75, 3.05) is 5.75 Å². The molecule has 2 unspecified atom stereocenters. The number of unbranched alkanes of at least 4 members (excludes halogenated alkanes) is 15. The van der Waals surface area contributed by atoms with Crippen LogP contribution in [0.1, 0.15) is 149 Å². The summed E-state index contributed by atoms with van der Waals surface area (Å²) >= 11 is 0. The Morgan fingerprint density at radius 2 is 1.02 bits per heavy atom. The van der Waals surface area contributed by atoms with Crippen molar-refractivity contribution in [3.63, 3.8) is 0 Å². The summed E-state index contributed by atoms with van der Waals surface area (Å²) in [5.74, 6) is -1.03. The van der Waals surface area contributed by atoms with Crippen LogP contribution in [0.4, 0.5) is 0 Å². The number of aliphatic hydroxyl groups excluding tert-OH is 1. The number of carbonyl (C=O) groups excluding carboxylic acids is 1. The quantitative estimate of drug-likeness (QED) is 0.0446. The molecule has 0 aliphatic heterocycles.